The van der Waals surface area contributed by atoms with Gasteiger partial charge in [-0.3, -0.25) is 0 Å². The van der Waals surface area contributed by atoms with Crippen LogP contribution in [0, 0.1) is 6.92 Å². The van der Waals surface area contributed by atoms with Crippen molar-refractivity contribution in [1.29, 1.82) is 0 Å². The zero-order chi connectivity index (χ0) is 49.1. The van der Waals surface area contributed by atoms with E-state index in [9.17, 15) is 0 Å². The Morgan fingerprint density at radius 3 is 2.05 bits per heavy atom. The van der Waals surface area contributed by atoms with Crippen molar-refractivity contribution in [3.05, 3.63) is 199 Å². The van der Waals surface area contributed by atoms with E-state index in [4.69, 9.17) is 4.42 Å². The minimum absolute atomic E-state index is 0.0241. The number of hydrogen-bond donors (Lipinski definition) is 0. The second-order valence-electron chi connectivity index (χ2n) is 22.9. The van der Waals surface area contributed by atoms with Crippen LogP contribution >= 0.6 is 11.3 Å². The van der Waals surface area contributed by atoms with Gasteiger partial charge in [0.1, 0.15) is 5.58 Å². The van der Waals surface area contributed by atoms with Crippen LogP contribution in [0.15, 0.2) is 186 Å². The maximum Gasteiger partial charge on any atom is 0.252 e. The van der Waals surface area contributed by atoms with E-state index >= 15 is 0 Å². The summed E-state index contributed by atoms with van der Waals surface area (Å²) in [5.74, 6) is 0. The number of hydrogen-bond acceptors (Lipinski definition) is 5. The zero-order valence-electron chi connectivity index (χ0n) is 42.4. The normalized spacial score (nSPS) is 18.9. The van der Waals surface area contributed by atoms with Crippen molar-refractivity contribution in [2.75, 3.05) is 14.7 Å². The molecule has 0 amide bonds. The molecule has 354 valence electrons. The first-order chi connectivity index (χ1) is 35.5. The fraction of sp³-hybridized carbons (Fsp3) is 0.194. The van der Waals surface area contributed by atoms with Crippen molar-refractivity contribution >= 4 is 122 Å². The Morgan fingerprint density at radius 1 is 0.521 bits per heavy atom. The highest BCUT2D eigenvalue weighted by Gasteiger charge is 2.58. The molecule has 73 heavy (non-hydrogen) atoms. The summed E-state index contributed by atoms with van der Waals surface area (Å²) in [6, 6.07) is 69.2. The van der Waals surface area contributed by atoms with Gasteiger partial charge in [-0.25, -0.2) is 0 Å². The van der Waals surface area contributed by atoms with Crippen LogP contribution in [-0.2, 0) is 10.8 Å². The number of anilines is 8. The van der Waals surface area contributed by atoms with E-state index in [2.05, 4.69) is 238 Å². The largest absolute Gasteiger partial charge is 0.454 e. The summed E-state index contributed by atoms with van der Waals surface area (Å²) >= 11 is 1.89. The molecule has 4 nitrogen and oxygen atoms in total. The molecule has 2 aromatic heterocycles. The Hall–Kier alpha value is -7.54. The molecule has 0 bridgehead atoms. The molecule has 1 fully saturated rings. The van der Waals surface area contributed by atoms with Crippen molar-refractivity contribution in [1.82, 2.24) is 0 Å². The van der Waals surface area contributed by atoms with E-state index in [1.54, 1.807) is 0 Å². The predicted octanol–water partition coefficient (Wildman–Crippen LogP) is 17.1. The van der Waals surface area contributed by atoms with Crippen LogP contribution < -0.4 is 31.1 Å². The fourth-order valence-corrected chi connectivity index (χ4v) is 15.1. The number of furan rings is 1. The van der Waals surface area contributed by atoms with Gasteiger partial charge in [0.25, 0.3) is 6.71 Å². The minimum Gasteiger partial charge on any atom is -0.454 e. The van der Waals surface area contributed by atoms with Gasteiger partial charge in [-0.2, -0.15) is 0 Å². The van der Waals surface area contributed by atoms with Crippen LogP contribution in [0.1, 0.15) is 77.0 Å². The fourth-order valence-electron chi connectivity index (χ4n) is 14.0. The molecule has 1 aliphatic carbocycles. The van der Waals surface area contributed by atoms with Crippen LogP contribution in [-0.4, -0.2) is 12.3 Å². The lowest BCUT2D eigenvalue weighted by Gasteiger charge is -2.50. The standard InChI is InChI=1S/C67H56BN3OS/c1-41-35-58-63-59(36-41)70(55-22-16-21-50-47-19-10-12-23-60(47)72-64(50)55)57-39-46(71-54-32-25-43(42-17-8-7-9-18-42)37-51(54)66(5)33-14-15-34-67(66,71)6)28-31-53(57)68(63)52-30-26-44(65(2,3)4)38-56(52)69(58)45-27-29-49-48-20-11-13-24-61(48)73-62(49)40-45/h7-13,16-32,35-40H,14-15,33-34H2,1-6H3. The molecule has 9 aromatic carbocycles. The topological polar surface area (TPSA) is 22.9 Å². The lowest BCUT2D eigenvalue weighted by molar-refractivity contribution is 0.195. The van der Waals surface area contributed by atoms with Crippen LogP contribution in [0.25, 0.3) is 53.2 Å². The molecule has 0 saturated heterocycles. The third-order valence-corrected chi connectivity index (χ3v) is 18.9. The van der Waals surface area contributed by atoms with Crippen LogP contribution in [0.5, 0.6) is 0 Å². The van der Waals surface area contributed by atoms with Gasteiger partial charge in [0.05, 0.1) is 11.2 Å². The van der Waals surface area contributed by atoms with Crippen LogP contribution in [0.2, 0.25) is 0 Å². The molecule has 5 heterocycles. The maximum absolute atomic E-state index is 7.01. The van der Waals surface area contributed by atoms with Crippen LogP contribution in [0.4, 0.5) is 45.5 Å². The number of para-hydroxylation sites is 2. The average Bonchev–Trinajstić information content (AvgIpc) is 4.04. The SMILES string of the molecule is Cc1cc2c3c(c1)N(c1cccc4c1oc1ccccc14)c1cc(N4c5ccc(-c6ccccc6)cc5C5(C)CCCCC45C)ccc1B3c1ccc(C(C)(C)C)cc1N2c1ccc2c(c1)sc1ccccc12. The first kappa shape index (κ1) is 43.1. The molecule has 4 aliphatic rings. The molecule has 15 rings (SSSR count). The van der Waals surface area contributed by atoms with Gasteiger partial charge < -0.3 is 19.1 Å². The van der Waals surface area contributed by atoms with Crippen molar-refractivity contribution in [2.24, 2.45) is 0 Å². The summed E-state index contributed by atoms with van der Waals surface area (Å²) in [7, 11) is 0. The second-order valence-corrected chi connectivity index (χ2v) is 23.9. The molecule has 6 heteroatoms. The summed E-state index contributed by atoms with van der Waals surface area (Å²) in [5.41, 5.74) is 21.7. The van der Waals surface area contributed by atoms with Gasteiger partial charge in [0.2, 0.25) is 0 Å². The minimum atomic E-state index is -0.131. The van der Waals surface area contributed by atoms with Gasteiger partial charge in [0.15, 0.2) is 5.58 Å². The summed E-state index contributed by atoms with van der Waals surface area (Å²) in [4.78, 5) is 7.92. The summed E-state index contributed by atoms with van der Waals surface area (Å²) in [6.07, 6.45) is 4.73. The smallest absolute Gasteiger partial charge is 0.252 e. The Morgan fingerprint density at radius 2 is 1.22 bits per heavy atom. The summed E-state index contributed by atoms with van der Waals surface area (Å²) in [6.45, 7) is 14.4. The number of fused-ring (bicyclic) bond motifs is 13. The molecule has 1 saturated carbocycles. The van der Waals surface area contributed by atoms with E-state index in [0.717, 1.165) is 40.5 Å². The number of benzene rings is 9. The Balaban J connectivity index is 1.00. The lowest BCUT2D eigenvalue weighted by Crippen LogP contribution is -2.61. The third-order valence-electron chi connectivity index (χ3n) is 17.8. The highest BCUT2D eigenvalue weighted by Crippen LogP contribution is 2.62. The average molecular weight is 962 g/mol. The summed E-state index contributed by atoms with van der Waals surface area (Å²) < 4.78 is 9.63. The van der Waals surface area contributed by atoms with Gasteiger partial charge in [-0.1, -0.05) is 150 Å². The zero-order valence-corrected chi connectivity index (χ0v) is 43.2. The van der Waals surface area contributed by atoms with Crippen molar-refractivity contribution in [3.63, 3.8) is 0 Å². The molecule has 3 aliphatic heterocycles. The number of rotatable bonds is 4. The number of thiophene rings is 1. The Labute approximate surface area is 432 Å². The predicted molar refractivity (Wildman–Crippen MR) is 312 cm³/mol. The molecule has 2 atom stereocenters. The van der Waals surface area contributed by atoms with E-state index < -0.39 is 0 Å². The van der Waals surface area contributed by atoms with Gasteiger partial charge in [0, 0.05) is 76.2 Å². The molecular formula is C67H56BN3OS. The highest BCUT2D eigenvalue weighted by atomic mass is 32.1. The monoisotopic (exact) mass is 961 g/mol. The maximum atomic E-state index is 7.01. The van der Waals surface area contributed by atoms with Gasteiger partial charge in [-0.05, 0) is 149 Å². The number of nitrogens with zero attached hydrogens (tertiary/aromatic N) is 3. The Bertz CT molecular complexity index is 4130. The van der Waals surface area contributed by atoms with E-state index in [0.29, 0.717) is 0 Å². The molecular weight excluding hydrogens is 906 g/mol. The summed E-state index contributed by atoms with van der Waals surface area (Å²) in [5, 5.41) is 4.89. The quantitative estimate of drug-likeness (QED) is 0.164. The van der Waals surface area contributed by atoms with Gasteiger partial charge >= 0.3 is 0 Å². The lowest BCUT2D eigenvalue weighted by atomic mass is 9.33. The Kier molecular flexibility index (Phi) is 9.00. The van der Waals surface area contributed by atoms with Crippen molar-refractivity contribution < 1.29 is 4.42 Å². The highest BCUT2D eigenvalue weighted by molar-refractivity contribution is 7.25. The molecule has 0 N–H and O–H groups in total. The van der Waals surface area contributed by atoms with Gasteiger partial charge in [-0.15, -0.1) is 11.3 Å². The molecule has 2 unspecified atom stereocenters. The van der Waals surface area contributed by atoms with E-state index in [1.165, 1.54) is 117 Å². The molecule has 0 spiro atoms. The van der Waals surface area contributed by atoms with E-state index in [-0.39, 0.29) is 23.1 Å². The van der Waals surface area contributed by atoms with E-state index in [1.807, 2.05) is 11.3 Å². The molecule has 0 radical (unpaired) electrons. The van der Waals surface area contributed by atoms with Crippen molar-refractivity contribution in [2.45, 2.75) is 83.6 Å². The second kappa shape index (κ2) is 15.3. The van der Waals surface area contributed by atoms with Crippen molar-refractivity contribution in [3.8, 4) is 11.1 Å². The first-order valence-electron chi connectivity index (χ1n) is 26.3. The number of aryl methyl sites for hydroxylation is 1. The molecule has 11 aromatic rings. The third kappa shape index (κ3) is 6.02. The first-order valence-corrected chi connectivity index (χ1v) is 27.1. The van der Waals surface area contributed by atoms with Crippen LogP contribution in [0.3, 0.4) is 0 Å².